The quantitative estimate of drug-likeness (QED) is 0.745. The van der Waals surface area contributed by atoms with Crippen LogP contribution < -0.4 is 5.69 Å². The van der Waals surface area contributed by atoms with Gasteiger partial charge in [-0.05, 0) is 37.5 Å². The molecule has 2 N–H and O–H groups in total. The van der Waals surface area contributed by atoms with Crippen LogP contribution in [0.4, 0.5) is 0 Å². The first-order chi connectivity index (χ1) is 13.2. The van der Waals surface area contributed by atoms with Gasteiger partial charge < -0.3 is 9.88 Å². The van der Waals surface area contributed by atoms with E-state index in [9.17, 15) is 9.59 Å². The predicted molar refractivity (Wildman–Crippen MR) is 103 cm³/mol. The molecular weight excluding hydrogens is 342 g/mol. The number of amides is 1. The number of likely N-dealkylation sites (tertiary alicyclic amines) is 1. The zero-order chi connectivity index (χ0) is 18.8. The topological polar surface area (TPSA) is 86.8 Å². The van der Waals surface area contributed by atoms with E-state index in [0.717, 1.165) is 29.9 Å². The third-order valence-electron chi connectivity index (χ3n) is 5.25. The molecule has 1 aromatic carbocycles. The molecule has 27 heavy (non-hydrogen) atoms. The van der Waals surface area contributed by atoms with Crippen LogP contribution in [0.5, 0.6) is 0 Å². The van der Waals surface area contributed by atoms with Crippen molar-refractivity contribution in [3.63, 3.8) is 0 Å². The zero-order valence-electron chi connectivity index (χ0n) is 15.3. The van der Waals surface area contributed by atoms with Gasteiger partial charge in [0.25, 0.3) is 5.91 Å². The number of carbonyl (C=O) groups is 1. The Hall–Kier alpha value is -3.09. The summed E-state index contributed by atoms with van der Waals surface area (Å²) in [6.07, 6.45) is 1.62. The number of nitrogens with zero attached hydrogens (tertiary/aromatic N) is 3. The van der Waals surface area contributed by atoms with Crippen LogP contribution >= 0.6 is 0 Å². The summed E-state index contributed by atoms with van der Waals surface area (Å²) >= 11 is 0. The van der Waals surface area contributed by atoms with Gasteiger partial charge in [0.2, 0.25) is 0 Å². The first-order valence-corrected chi connectivity index (χ1v) is 9.36. The molecule has 0 atom stereocenters. The SMILES string of the molecule is CCn1c(C2CCN(C(=O)c3ccc(-c4ccccc4)[nH]3)CC2)n[nH]c1=O. The number of rotatable bonds is 4. The van der Waals surface area contributed by atoms with Crippen molar-refractivity contribution in [3.05, 3.63) is 64.5 Å². The zero-order valence-corrected chi connectivity index (χ0v) is 15.3. The van der Waals surface area contributed by atoms with E-state index in [4.69, 9.17) is 0 Å². The normalized spacial score (nSPS) is 15.2. The molecule has 2 aromatic heterocycles. The van der Waals surface area contributed by atoms with E-state index >= 15 is 0 Å². The Labute approximate surface area is 157 Å². The Bertz CT molecular complexity index is 977. The molecule has 0 aliphatic carbocycles. The smallest absolute Gasteiger partial charge is 0.343 e. The molecule has 1 saturated heterocycles. The highest BCUT2D eigenvalue weighted by atomic mass is 16.2. The lowest BCUT2D eigenvalue weighted by Crippen LogP contribution is -2.38. The Kier molecular flexibility index (Phi) is 4.66. The summed E-state index contributed by atoms with van der Waals surface area (Å²) in [4.78, 5) is 29.7. The summed E-state index contributed by atoms with van der Waals surface area (Å²) in [7, 11) is 0. The fraction of sp³-hybridized carbons (Fsp3) is 0.350. The maximum absolute atomic E-state index is 12.8. The van der Waals surface area contributed by atoms with Crippen LogP contribution in [0.1, 0.15) is 42.0 Å². The van der Waals surface area contributed by atoms with E-state index in [1.54, 1.807) is 4.57 Å². The lowest BCUT2D eigenvalue weighted by atomic mass is 9.95. The molecule has 140 valence electrons. The second-order valence-corrected chi connectivity index (χ2v) is 6.85. The van der Waals surface area contributed by atoms with Crippen molar-refractivity contribution in [3.8, 4) is 11.3 Å². The summed E-state index contributed by atoms with van der Waals surface area (Å²) < 4.78 is 1.68. The maximum Gasteiger partial charge on any atom is 0.343 e. The molecule has 3 heterocycles. The van der Waals surface area contributed by atoms with Gasteiger partial charge in [-0.2, -0.15) is 5.10 Å². The number of nitrogens with one attached hydrogen (secondary N) is 2. The molecule has 3 aromatic rings. The van der Waals surface area contributed by atoms with Crippen LogP contribution in [-0.4, -0.2) is 43.6 Å². The maximum atomic E-state index is 12.8. The number of aromatic amines is 2. The van der Waals surface area contributed by atoms with Gasteiger partial charge in [-0.1, -0.05) is 30.3 Å². The van der Waals surface area contributed by atoms with Crippen LogP contribution in [0.2, 0.25) is 0 Å². The van der Waals surface area contributed by atoms with Gasteiger partial charge in [0.05, 0.1) is 0 Å². The number of aromatic nitrogens is 4. The van der Waals surface area contributed by atoms with Crippen LogP contribution in [0.3, 0.4) is 0 Å². The van der Waals surface area contributed by atoms with Crippen molar-refractivity contribution < 1.29 is 4.79 Å². The molecule has 1 aliphatic heterocycles. The van der Waals surface area contributed by atoms with Gasteiger partial charge in [0.15, 0.2) is 0 Å². The molecule has 1 amide bonds. The number of hydrogen-bond donors (Lipinski definition) is 2. The van der Waals surface area contributed by atoms with Crippen LogP contribution in [-0.2, 0) is 6.54 Å². The minimum absolute atomic E-state index is 0.0190. The highest BCUT2D eigenvalue weighted by Crippen LogP contribution is 2.27. The highest BCUT2D eigenvalue weighted by molar-refractivity contribution is 5.93. The van der Waals surface area contributed by atoms with Crippen LogP contribution in [0.25, 0.3) is 11.3 Å². The van der Waals surface area contributed by atoms with Gasteiger partial charge in [0, 0.05) is 31.2 Å². The van der Waals surface area contributed by atoms with Crippen LogP contribution in [0.15, 0.2) is 47.3 Å². The van der Waals surface area contributed by atoms with E-state index in [-0.39, 0.29) is 17.5 Å². The third-order valence-corrected chi connectivity index (χ3v) is 5.25. The molecule has 7 nitrogen and oxygen atoms in total. The third kappa shape index (κ3) is 3.32. The molecule has 4 rings (SSSR count). The fourth-order valence-electron chi connectivity index (χ4n) is 3.76. The Morgan fingerprint density at radius 1 is 1.15 bits per heavy atom. The Morgan fingerprint density at radius 2 is 1.89 bits per heavy atom. The molecule has 0 spiro atoms. The lowest BCUT2D eigenvalue weighted by molar-refractivity contribution is 0.0705. The van der Waals surface area contributed by atoms with E-state index in [1.807, 2.05) is 54.3 Å². The number of benzene rings is 1. The van der Waals surface area contributed by atoms with Gasteiger partial charge in [-0.3, -0.25) is 9.36 Å². The number of H-pyrrole nitrogens is 2. The molecular formula is C20H23N5O2. The molecule has 7 heteroatoms. The van der Waals surface area contributed by atoms with Gasteiger partial charge >= 0.3 is 5.69 Å². The predicted octanol–water partition coefficient (Wildman–Crippen LogP) is 2.61. The summed E-state index contributed by atoms with van der Waals surface area (Å²) in [5.74, 6) is 1.03. The molecule has 0 unspecified atom stereocenters. The van der Waals surface area contributed by atoms with E-state index in [1.165, 1.54) is 0 Å². The highest BCUT2D eigenvalue weighted by Gasteiger charge is 2.28. The van der Waals surface area contributed by atoms with Gasteiger partial charge in [-0.15, -0.1) is 0 Å². The number of piperidine rings is 1. The largest absolute Gasteiger partial charge is 0.351 e. The minimum Gasteiger partial charge on any atom is -0.351 e. The summed E-state index contributed by atoms with van der Waals surface area (Å²) in [5.41, 5.74) is 2.45. The van der Waals surface area contributed by atoms with Crippen LogP contribution in [0, 0.1) is 0 Å². The van der Waals surface area contributed by atoms with Crippen molar-refractivity contribution in [2.75, 3.05) is 13.1 Å². The molecule has 1 fully saturated rings. The average molecular weight is 365 g/mol. The monoisotopic (exact) mass is 365 g/mol. The Balaban J connectivity index is 1.43. The average Bonchev–Trinajstić information content (AvgIpc) is 3.35. The van der Waals surface area contributed by atoms with Crippen molar-refractivity contribution >= 4 is 5.91 Å². The molecule has 0 bridgehead atoms. The number of hydrogen-bond acceptors (Lipinski definition) is 3. The van der Waals surface area contributed by atoms with Crippen molar-refractivity contribution in [1.82, 2.24) is 24.6 Å². The second-order valence-electron chi connectivity index (χ2n) is 6.85. The second kappa shape index (κ2) is 7.26. The Morgan fingerprint density at radius 3 is 2.59 bits per heavy atom. The lowest BCUT2D eigenvalue weighted by Gasteiger charge is -2.31. The molecule has 0 radical (unpaired) electrons. The minimum atomic E-state index is -0.161. The van der Waals surface area contributed by atoms with E-state index in [2.05, 4.69) is 15.2 Å². The summed E-state index contributed by atoms with van der Waals surface area (Å²) in [5, 5.41) is 6.73. The summed E-state index contributed by atoms with van der Waals surface area (Å²) in [6.45, 7) is 3.87. The van der Waals surface area contributed by atoms with Crippen molar-refractivity contribution in [2.24, 2.45) is 0 Å². The van der Waals surface area contributed by atoms with E-state index in [0.29, 0.717) is 25.3 Å². The van der Waals surface area contributed by atoms with Crippen molar-refractivity contribution in [2.45, 2.75) is 32.2 Å². The van der Waals surface area contributed by atoms with E-state index < -0.39 is 0 Å². The first-order valence-electron chi connectivity index (χ1n) is 9.36. The van der Waals surface area contributed by atoms with Gasteiger partial charge in [0.1, 0.15) is 11.5 Å². The number of carbonyl (C=O) groups excluding carboxylic acids is 1. The fourth-order valence-corrected chi connectivity index (χ4v) is 3.76. The standard InChI is InChI=1S/C20H23N5O2/c1-2-25-18(22-23-20(25)27)15-10-12-24(13-11-15)19(26)17-9-8-16(21-17)14-6-4-3-5-7-14/h3-9,15,21H,2,10-13H2,1H3,(H,23,27). The first kappa shape index (κ1) is 17.3. The van der Waals surface area contributed by atoms with Crippen molar-refractivity contribution in [1.29, 1.82) is 0 Å². The summed E-state index contributed by atoms with van der Waals surface area (Å²) in [6, 6.07) is 13.8. The van der Waals surface area contributed by atoms with Gasteiger partial charge in [-0.25, -0.2) is 9.89 Å². The molecule has 1 aliphatic rings. The molecule has 0 saturated carbocycles.